The normalized spacial score (nSPS) is 13.8. The van der Waals surface area contributed by atoms with Gasteiger partial charge in [0.15, 0.2) is 0 Å². The molecule has 1 rings (SSSR count). The molecule has 120 valence electrons. The average molecular weight is 360 g/mol. The lowest BCUT2D eigenvalue weighted by molar-refractivity contribution is 0.0289. The molecule has 0 amide bonds. The van der Waals surface area contributed by atoms with Crippen molar-refractivity contribution >= 4 is 15.9 Å². The van der Waals surface area contributed by atoms with E-state index in [2.05, 4.69) is 28.2 Å². The van der Waals surface area contributed by atoms with Crippen molar-refractivity contribution in [2.75, 3.05) is 27.9 Å². The van der Waals surface area contributed by atoms with E-state index in [0.717, 1.165) is 34.4 Å². The first kappa shape index (κ1) is 18.3. The van der Waals surface area contributed by atoms with Gasteiger partial charge in [-0.3, -0.25) is 0 Å². The summed E-state index contributed by atoms with van der Waals surface area (Å²) in [7, 11) is 5.27. The van der Waals surface area contributed by atoms with E-state index < -0.39 is 0 Å². The molecule has 1 aromatic rings. The highest BCUT2D eigenvalue weighted by Crippen LogP contribution is 2.41. The van der Waals surface area contributed by atoms with Crippen molar-refractivity contribution in [1.29, 1.82) is 0 Å². The third-order valence-electron chi connectivity index (χ3n) is 3.49. The molecule has 5 heteroatoms. The number of rotatable bonds is 9. The molecular weight excluding hydrogens is 334 g/mol. The van der Waals surface area contributed by atoms with E-state index >= 15 is 0 Å². The summed E-state index contributed by atoms with van der Waals surface area (Å²) >= 11 is 3.56. The molecule has 0 aliphatic heterocycles. The lowest BCUT2D eigenvalue weighted by Crippen LogP contribution is -2.32. The summed E-state index contributed by atoms with van der Waals surface area (Å²) in [4.78, 5) is 0. The smallest absolute Gasteiger partial charge is 0.141 e. The Kier molecular flexibility index (Phi) is 8.07. The Hall–Kier alpha value is -0.780. The summed E-state index contributed by atoms with van der Waals surface area (Å²) in [6.07, 6.45) is 2.17. The van der Waals surface area contributed by atoms with E-state index in [9.17, 15) is 0 Å². The molecule has 0 spiro atoms. The fourth-order valence-electron chi connectivity index (χ4n) is 2.55. The zero-order valence-corrected chi connectivity index (χ0v) is 15.1. The van der Waals surface area contributed by atoms with Crippen molar-refractivity contribution in [3.05, 3.63) is 22.2 Å². The van der Waals surface area contributed by atoms with Crippen LogP contribution in [0.25, 0.3) is 0 Å². The van der Waals surface area contributed by atoms with Crippen LogP contribution in [0, 0.1) is 0 Å². The topological polar surface area (TPSA) is 39.7 Å². The maximum atomic E-state index is 5.92. The van der Waals surface area contributed by atoms with Crippen LogP contribution in [0.1, 0.15) is 38.3 Å². The van der Waals surface area contributed by atoms with Crippen molar-refractivity contribution in [2.24, 2.45) is 0 Å². The third-order valence-corrected chi connectivity index (χ3v) is 4.24. The minimum absolute atomic E-state index is 0.0713. The van der Waals surface area contributed by atoms with Gasteiger partial charge in [0.05, 0.1) is 26.4 Å². The van der Waals surface area contributed by atoms with Gasteiger partial charge in [-0.1, -0.05) is 13.3 Å². The van der Waals surface area contributed by atoms with Crippen LogP contribution in [-0.4, -0.2) is 34.0 Å². The fraction of sp³-hybridized carbons (Fsp3) is 0.625. The summed E-state index contributed by atoms with van der Waals surface area (Å²) in [5.74, 6) is 1.54. The predicted octanol–water partition coefficient (Wildman–Crippen LogP) is 3.93. The van der Waals surface area contributed by atoms with Gasteiger partial charge in [-0.2, -0.15) is 0 Å². The molecule has 0 aromatic heterocycles. The Bertz CT molecular complexity index is 434. The summed E-state index contributed by atoms with van der Waals surface area (Å²) in [6.45, 7) is 4.89. The molecule has 0 aliphatic carbocycles. The summed E-state index contributed by atoms with van der Waals surface area (Å²) in [5.41, 5.74) is 1.07. The molecule has 1 N–H and O–H groups in total. The van der Waals surface area contributed by atoms with Crippen molar-refractivity contribution in [2.45, 2.75) is 38.8 Å². The highest BCUT2D eigenvalue weighted by atomic mass is 79.9. The standard InChI is InChI=1S/C16H26BrNO3/c1-6-8-13(21-7-2)15(18-3)11-9-10-12(19-4)14(17)16(11)20-5/h9-10,13,15,18H,6-8H2,1-5H3. The van der Waals surface area contributed by atoms with Crippen molar-refractivity contribution in [1.82, 2.24) is 5.32 Å². The minimum atomic E-state index is 0.0713. The first-order valence-electron chi connectivity index (χ1n) is 7.33. The van der Waals surface area contributed by atoms with Crippen LogP contribution in [0.2, 0.25) is 0 Å². The highest BCUT2D eigenvalue weighted by molar-refractivity contribution is 9.10. The molecule has 4 nitrogen and oxygen atoms in total. The maximum Gasteiger partial charge on any atom is 0.141 e. The molecule has 0 bridgehead atoms. The monoisotopic (exact) mass is 359 g/mol. The van der Waals surface area contributed by atoms with E-state index in [-0.39, 0.29) is 12.1 Å². The van der Waals surface area contributed by atoms with Gasteiger partial charge in [0.25, 0.3) is 0 Å². The van der Waals surface area contributed by atoms with Gasteiger partial charge in [-0.15, -0.1) is 0 Å². The number of hydrogen-bond donors (Lipinski definition) is 1. The second-order valence-corrected chi connectivity index (χ2v) is 5.55. The van der Waals surface area contributed by atoms with Gasteiger partial charge in [0.1, 0.15) is 16.0 Å². The van der Waals surface area contributed by atoms with Gasteiger partial charge >= 0.3 is 0 Å². The van der Waals surface area contributed by atoms with E-state index in [1.165, 1.54) is 0 Å². The molecule has 0 saturated heterocycles. The van der Waals surface area contributed by atoms with Gasteiger partial charge in [-0.25, -0.2) is 0 Å². The SMILES string of the molecule is CCCC(OCC)C(NC)c1ccc(OC)c(Br)c1OC. The maximum absolute atomic E-state index is 5.92. The Morgan fingerprint density at radius 2 is 1.90 bits per heavy atom. The molecular formula is C16H26BrNO3. The van der Waals surface area contributed by atoms with Crippen LogP contribution in [0.15, 0.2) is 16.6 Å². The second kappa shape index (κ2) is 9.28. The summed E-state index contributed by atoms with van der Waals surface area (Å²) in [5, 5.41) is 3.36. The number of halogens is 1. The molecule has 1 aromatic carbocycles. The Morgan fingerprint density at radius 3 is 2.38 bits per heavy atom. The van der Waals surface area contributed by atoms with Crippen molar-refractivity contribution < 1.29 is 14.2 Å². The minimum Gasteiger partial charge on any atom is -0.495 e. The fourth-order valence-corrected chi connectivity index (χ4v) is 3.23. The molecule has 0 fully saturated rings. The van der Waals surface area contributed by atoms with E-state index in [1.54, 1.807) is 14.2 Å². The quantitative estimate of drug-likeness (QED) is 0.724. The highest BCUT2D eigenvalue weighted by Gasteiger charge is 2.26. The van der Waals surface area contributed by atoms with E-state index in [4.69, 9.17) is 14.2 Å². The molecule has 21 heavy (non-hydrogen) atoms. The Morgan fingerprint density at radius 1 is 1.19 bits per heavy atom. The van der Waals surface area contributed by atoms with Gasteiger partial charge < -0.3 is 19.5 Å². The zero-order valence-electron chi connectivity index (χ0n) is 13.5. The van der Waals surface area contributed by atoms with Gasteiger partial charge in [-0.05, 0) is 48.5 Å². The largest absolute Gasteiger partial charge is 0.495 e. The van der Waals surface area contributed by atoms with Crippen LogP contribution in [-0.2, 0) is 4.74 Å². The zero-order chi connectivity index (χ0) is 15.8. The van der Waals surface area contributed by atoms with Gasteiger partial charge in [0, 0.05) is 12.2 Å². The Labute approximate surface area is 136 Å². The van der Waals surface area contributed by atoms with Crippen molar-refractivity contribution in [3.8, 4) is 11.5 Å². The molecule has 0 aliphatic rings. The Balaban J connectivity index is 3.23. The van der Waals surface area contributed by atoms with E-state index in [1.807, 2.05) is 26.1 Å². The van der Waals surface area contributed by atoms with E-state index in [0.29, 0.717) is 6.61 Å². The molecule has 0 heterocycles. The second-order valence-electron chi connectivity index (χ2n) is 4.75. The lowest BCUT2D eigenvalue weighted by Gasteiger charge is -2.28. The predicted molar refractivity (Wildman–Crippen MR) is 89.4 cm³/mol. The van der Waals surface area contributed by atoms with Crippen LogP contribution in [0.3, 0.4) is 0 Å². The number of nitrogens with one attached hydrogen (secondary N) is 1. The number of ether oxygens (including phenoxy) is 3. The molecule has 2 unspecified atom stereocenters. The first-order valence-corrected chi connectivity index (χ1v) is 8.12. The first-order chi connectivity index (χ1) is 10.1. The summed E-state index contributed by atoms with van der Waals surface area (Å²) < 4.78 is 17.7. The van der Waals surface area contributed by atoms with Crippen LogP contribution >= 0.6 is 15.9 Å². The van der Waals surface area contributed by atoms with Crippen LogP contribution < -0.4 is 14.8 Å². The molecule has 0 radical (unpaired) electrons. The molecule has 2 atom stereocenters. The number of methoxy groups -OCH3 is 2. The third kappa shape index (κ3) is 4.34. The number of hydrogen-bond acceptors (Lipinski definition) is 4. The lowest BCUT2D eigenvalue weighted by atomic mass is 9.97. The van der Waals surface area contributed by atoms with Crippen LogP contribution in [0.4, 0.5) is 0 Å². The number of benzene rings is 1. The summed E-state index contributed by atoms with van der Waals surface area (Å²) in [6, 6.07) is 4.05. The average Bonchev–Trinajstić information content (AvgIpc) is 2.49. The van der Waals surface area contributed by atoms with Crippen LogP contribution in [0.5, 0.6) is 11.5 Å². The number of likely N-dealkylation sites (N-methyl/N-ethyl adjacent to an activating group) is 1. The van der Waals surface area contributed by atoms with Gasteiger partial charge in [0.2, 0.25) is 0 Å². The molecule has 0 saturated carbocycles. The van der Waals surface area contributed by atoms with Crippen molar-refractivity contribution in [3.63, 3.8) is 0 Å².